The Morgan fingerprint density at radius 3 is 2.68 bits per heavy atom. The Bertz CT molecular complexity index is 821. The molecule has 2 aromatic rings. The van der Waals surface area contributed by atoms with E-state index in [-0.39, 0.29) is 11.0 Å². The van der Waals surface area contributed by atoms with Gasteiger partial charge in [0.2, 0.25) is 10.0 Å². The van der Waals surface area contributed by atoms with Crippen LogP contribution in [0, 0.1) is 6.92 Å². The van der Waals surface area contributed by atoms with Crippen LogP contribution in [-0.4, -0.2) is 45.6 Å². The third kappa shape index (κ3) is 4.03. The molecule has 25 heavy (non-hydrogen) atoms. The van der Waals surface area contributed by atoms with Crippen molar-refractivity contribution in [1.82, 2.24) is 4.31 Å². The number of sulfonamides is 1. The van der Waals surface area contributed by atoms with E-state index in [4.69, 9.17) is 9.47 Å². The van der Waals surface area contributed by atoms with Crippen molar-refractivity contribution >= 4 is 10.0 Å². The zero-order chi connectivity index (χ0) is 17.9. The van der Waals surface area contributed by atoms with Crippen LogP contribution in [0.5, 0.6) is 5.75 Å². The molecule has 1 atom stereocenters. The maximum absolute atomic E-state index is 13.1. The number of aryl methyl sites for hydroxylation is 1. The molecule has 1 aliphatic rings. The van der Waals surface area contributed by atoms with Gasteiger partial charge in [0.1, 0.15) is 10.6 Å². The third-order valence-electron chi connectivity index (χ3n) is 4.34. The second kappa shape index (κ2) is 7.56. The molecule has 1 fully saturated rings. The first-order valence-electron chi connectivity index (χ1n) is 8.31. The first-order valence-corrected chi connectivity index (χ1v) is 9.75. The molecule has 0 radical (unpaired) electrons. The molecular formula is C19H23NO4S. The summed E-state index contributed by atoms with van der Waals surface area (Å²) in [4.78, 5) is 0.218. The molecule has 0 unspecified atom stereocenters. The summed E-state index contributed by atoms with van der Waals surface area (Å²) < 4.78 is 38.8. The second-order valence-electron chi connectivity index (χ2n) is 6.20. The van der Waals surface area contributed by atoms with Crippen molar-refractivity contribution in [3.63, 3.8) is 0 Å². The van der Waals surface area contributed by atoms with Gasteiger partial charge in [-0.3, -0.25) is 0 Å². The zero-order valence-corrected chi connectivity index (χ0v) is 15.3. The minimum absolute atomic E-state index is 0.151. The molecule has 3 rings (SSSR count). The molecule has 1 heterocycles. The molecule has 0 amide bonds. The van der Waals surface area contributed by atoms with Gasteiger partial charge in [-0.05, 0) is 36.6 Å². The Hall–Kier alpha value is -1.89. The van der Waals surface area contributed by atoms with E-state index in [2.05, 4.69) is 0 Å². The average Bonchev–Trinajstić information content (AvgIpc) is 2.63. The fourth-order valence-electron chi connectivity index (χ4n) is 3.04. The Balaban J connectivity index is 1.81. The van der Waals surface area contributed by atoms with E-state index in [1.165, 1.54) is 11.4 Å². The number of ether oxygens (including phenoxy) is 2. The van der Waals surface area contributed by atoms with Gasteiger partial charge in [-0.15, -0.1) is 0 Å². The number of rotatable bonds is 5. The summed E-state index contributed by atoms with van der Waals surface area (Å²) in [6, 6.07) is 15.2. The highest BCUT2D eigenvalue weighted by Gasteiger charge is 2.32. The van der Waals surface area contributed by atoms with E-state index in [0.717, 1.165) is 11.1 Å². The standard InChI is InChI=1S/C19H23NO4S/c1-15-8-9-18(23-2)19(12-15)25(21,22)20-10-11-24-17(14-20)13-16-6-4-3-5-7-16/h3-9,12,17H,10-11,13-14H2,1-2H3/t17-/m0/s1. The highest BCUT2D eigenvalue weighted by molar-refractivity contribution is 7.89. The van der Waals surface area contributed by atoms with E-state index in [0.29, 0.717) is 31.9 Å². The summed E-state index contributed by atoms with van der Waals surface area (Å²) in [6.45, 7) is 2.96. The topological polar surface area (TPSA) is 55.8 Å². The molecule has 5 nitrogen and oxygen atoms in total. The molecule has 6 heteroatoms. The Morgan fingerprint density at radius 2 is 1.96 bits per heavy atom. The van der Waals surface area contributed by atoms with Crippen LogP contribution in [-0.2, 0) is 21.2 Å². The summed E-state index contributed by atoms with van der Waals surface area (Å²) in [6.07, 6.45) is 0.541. The third-order valence-corrected chi connectivity index (χ3v) is 6.23. The molecule has 0 bridgehead atoms. The predicted octanol–water partition coefficient (Wildman–Crippen LogP) is 2.64. The minimum atomic E-state index is -3.62. The van der Waals surface area contributed by atoms with Crippen molar-refractivity contribution in [2.45, 2.75) is 24.3 Å². The predicted molar refractivity (Wildman–Crippen MR) is 96.4 cm³/mol. The van der Waals surface area contributed by atoms with Crippen LogP contribution >= 0.6 is 0 Å². The highest BCUT2D eigenvalue weighted by atomic mass is 32.2. The smallest absolute Gasteiger partial charge is 0.246 e. The lowest BCUT2D eigenvalue weighted by atomic mass is 10.1. The molecule has 1 aliphatic heterocycles. The van der Waals surface area contributed by atoms with Crippen LogP contribution in [0.4, 0.5) is 0 Å². The number of morpholine rings is 1. The summed E-state index contributed by atoms with van der Waals surface area (Å²) in [5.74, 6) is 0.372. The van der Waals surface area contributed by atoms with Gasteiger partial charge in [-0.1, -0.05) is 36.4 Å². The van der Waals surface area contributed by atoms with E-state index in [1.807, 2.05) is 43.3 Å². The van der Waals surface area contributed by atoms with E-state index >= 15 is 0 Å². The van der Waals surface area contributed by atoms with E-state index < -0.39 is 10.0 Å². The largest absolute Gasteiger partial charge is 0.495 e. The minimum Gasteiger partial charge on any atom is -0.495 e. The Morgan fingerprint density at radius 1 is 1.20 bits per heavy atom. The van der Waals surface area contributed by atoms with Gasteiger partial charge < -0.3 is 9.47 Å². The molecule has 134 valence electrons. The summed E-state index contributed by atoms with van der Waals surface area (Å²) in [5.41, 5.74) is 2.02. The lowest BCUT2D eigenvalue weighted by Crippen LogP contribution is -2.46. The van der Waals surface area contributed by atoms with Crippen molar-refractivity contribution in [2.24, 2.45) is 0 Å². The molecule has 0 spiro atoms. The molecule has 0 N–H and O–H groups in total. The Kier molecular flexibility index (Phi) is 5.42. The average molecular weight is 361 g/mol. The van der Waals surface area contributed by atoms with Gasteiger partial charge in [0.25, 0.3) is 0 Å². The molecule has 2 aromatic carbocycles. The SMILES string of the molecule is COc1ccc(C)cc1S(=O)(=O)N1CCO[C@@H](Cc2ccccc2)C1. The van der Waals surface area contributed by atoms with Crippen molar-refractivity contribution in [3.05, 3.63) is 59.7 Å². The zero-order valence-electron chi connectivity index (χ0n) is 14.5. The summed E-state index contributed by atoms with van der Waals surface area (Å²) in [5, 5.41) is 0. The van der Waals surface area contributed by atoms with Crippen molar-refractivity contribution in [1.29, 1.82) is 0 Å². The monoisotopic (exact) mass is 361 g/mol. The van der Waals surface area contributed by atoms with Crippen molar-refractivity contribution in [3.8, 4) is 5.75 Å². The quantitative estimate of drug-likeness (QED) is 0.822. The molecule has 1 saturated heterocycles. The van der Waals surface area contributed by atoms with Crippen molar-refractivity contribution in [2.75, 3.05) is 26.8 Å². The maximum Gasteiger partial charge on any atom is 0.246 e. The van der Waals surface area contributed by atoms with E-state index in [1.54, 1.807) is 12.1 Å². The van der Waals surface area contributed by atoms with Gasteiger partial charge in [0, 0.05) is 13.1 Å². The first kappa shape index (κ1) is 17.9. The number of nitrogens with zero attached hydrogens (tertiary/aromatic N) is 1. The second-order valence-corrected chi connectivity index (χ2v) is 8.11. The lowest BCUT2D eigenvalue weighted by Gasteiger charge is -2.32. The number of methoxy groups -OCH3 is 1. The van der Waals surface area contributed by atoms with Crippen LogP contribution in [0.3, 0.4) is 0 Å². The van der Waals surface area contributed by atoms with E-state index in [9.17, 15) is 8.42 Å². The van der Waals surface area contributed by atoms with Crippen LogP contribution in [0.1, 0.15) is 11.1 Å². The summed E-state index contributed by atoms with van der Waals surface area (Å²) in [7, 11) is -2.14. The van der Waals surface area contributed by atoms with Gasteiger partial charge in [-0.25, -0.2) is 8.42 Å². The fourth-order valence-corrected chi connectivity index (χ4v) is 4.73. The molecule has 0 aliphatic carbocycles. The van der Waals surface area contributed by atoms with Crippen LogP contribution < -0.4 is 4.74 Å². The maximum atomic E-state index is 13.1. The normalized spacial score (nSPS) is 18.9. The van der Waals surface area contributed by atoms with Crippen LogP contribution in [0.15, 0.2) is 53.4 Å². The number of benzene rings is 2. The highest BCUT2D eigenvalue weighted by Crippen LogP contribution is 2.29. The fraction of sp³-hybridized carbons (Fsp3) is 0.368. The first-order chi connectivity index (χ1) is 12.0. The molecular weight excluding hydrogens is 338 g/mol. The van der Waals surface area contributed by atoms with Gasteiger partial charge in [0.05, 0.1) is 19.8 Å². The van der Waals surface area contributed by atoms with Gasteiger partial charge in [-0.2, -0.15) is 4.31 Å². The number of hydrogen-bond acceptors (Lipinski definition) is 4. The van der Waals surface area contributed by atoms with Crippen LogP contribution in [0.25, 0.3) is 0 Å². The molecule has 0 aromatic heterocycles. The van der Waals surface area contributed by atoms with Crippen molar-refractivity contribution < 1.29 is 17.9 Å². The summed E-state index contributed by atoms with van der Waals surface area (Å²) >= 11 is 0. The van der Waals surface area contributed by atoms with Gasteiger partial charge in [0.15, 0.2) is 0 Å². The Labute approximate surface area is 149 Å². The lowest BCUT2D eigenvalue weighted by molar-refractivity contribution is -0.000531. The van der Waals surface area contributed by atoms with Crippen LogP contribution in [0.2, 0.25) is 0 Å². The van der Waals surface area contributed by atoms with Gasteiger partial charge >= 0.3 is 0 Å². The number of hydrogen-bond donors (Lipinski definition) is 0. The molecule has 0 saturated carbocycles.